The SMILES string of the molecule is OCC(Cl)n1ccnc1. The first-order valence-electron chi connectivity index (χ1n) is 2.57. The highest BCUT2D eigenvalue weighted by Crippen LogP contribution is 2.08. The summed E-state index contributed by atoms with van der Waals surface area (Å²) < 4.78 is 1.63. The van der Waals surface area contributed by atoms with Gasteiger partial charge in [-0.15, -0.1) is 0 Å². The van der Waals surface area contributed by atoms with Crippen LogP contribution in [0.4, 0.5) is 0 Å². The van der Waals surface area contributed by atoms with Gasteiger partial charge in [0, 0.05) is 12.4 Å². The van der Waals surface area contributed by atoms with Crippen molar-refractivity contribution in [1.82, 2.24) is 9.55 Å². The van der Waals surface area contributed by atoms with Gasteiger partial charge in [0.2, 0.25) is 0 Å². The maximum Gasteiger partial charge on any atom is 0.132 e. The average Bonchev–Trinajstić information content (AvgIpc) is 2.37. The highest BCUT2D eigenvalue weighted by atomic mass is 35.5. The van der Waals surface area contributed by atoms with Crippen LogP contribution in [0.1, 0.15) is 5.50 Å². The van der Waals surface area contributed by atoms with Gasteiger partial charge in [0.05, 0.1) is 12.9 Å². The summed E-state index contributed by atoms with van der Waals surface area (Å²) in [5, 5.41) is 8.53. The van der Waals surface area contributed by atoms with Crippen LogP contribution in [-0.4, -0.2) is 21.3 Å². The van der Waals surface area contributed by atoms with Crippen LogP contribution in [0.5, 0.6) is 0 Å². The van der Waals surface area contributed by atoms with Gasteiger partial charge in [0.1, 0.15) is 5.50 Å². The lowest BCUT2D eigenvalue weighted by Gasteiger charge is -2.04. The van der Waals surface area contributed by atoms with Crippen molar-refractivity contribution in [2.45, 2.75) is 5.50 Å². The van der Waals surface area contributed by atoms with Crippen molar-refractivity contribution in [1.29, 1.82) is 0 Å². The van der Waals surface area contributed by atoms with Gasteiger partial charge >= 0.3 is 0 Å². The van der Waals surface area contributed by atoms with Crippen molar-refractivity contribution in [3.05, 3.63) is 18.7 Å². The molecule has 1 aromatic rings. The van der Waals surface area contributed by atoms with Gasteiger partial charge in [-0.1, -0.05) is 11.6 Å². The zero-order valence-electron chi connectivity index (χ0n) is 4.74. The van der Waals surface area contributed by atoms with Gasteiger partial charge in [-0.05, 0) is 0 Å². The predicted molar refractivity (Wildman–Crippen MR) is 34.2 cm³/mol. The molecule has 0 aromatic carbocycles. The Bertz CT molecular complexity index is 163. The van der Waals surface area contributed by atoms with E-state index < -0.39 is 0 Å². The van der Waals surface area contributed by atoms with Crippen LogP contribution in [0.25, 0.3) is 0 Å². The Morgan fingerprint density at radius 1 is 1.78 bits per heavy atom. The monoisotopic (exact) mass is 146 g/mol. The molecular weight excluding hydrogens is 140 g/mol. The summed E-state index contributed by atoms with van der Waals surface area (Å²) in [6.45, 7) is -0.0715. The zero-order valence-corrected chi connectivity index (χ0v) is 5.49. The number of hydrogen-bond acceptors (Lipinski definition) is 2. The van der Waals surface area contributed by atoms with Crippen molar-refractivity contribution >= 4 is 11.6 Å². The number of halogens is 1. The average molecular weight is 147 g/mol. The molecule has 0 amide bonds. The minimum atomic E-state index is -0.382. The van der Waals surface area contributed by atoms with E-state index in [9.17, 15) is 0 Å². The van der Waals surface area contributed by atoms with Crippen molar-refractivity contribution < 1.29 is 5.11 Å². The molecule has 0 saturated heterocycles. The van der Waals surface area contributed by atoms with Crippen molar-refractivity contribution in [3.8, 4) is 0 Å². The maximum atomic E-state index is 8.53. The first-order valence-corrected chi connectivity index (χ1v) is 3.00. The smallest absolute Gasteiger partial charge is 0.132 e. The fourth-order valence-electron chi connectivity index (χ4n) is 0.529. The molecule has 50 valence electrons. The molecule has 1 aromatic heterocycles. The summed E-state index contributed by atoms with van der Waals surface area (Å²) >= 11 is 5.60. The third kappa shape index (κ3) is 1.43. The summed E-state index contributed by atoms with van der Waals surface area (Å²) in [5.41, 5.74) is -0.382. The summed E-state index contributed by atoms with van der Waals surface area (Å²) in [7, 11) is 0. The molecule has 1 unspecified atom stereocenters. The quantitative estimate of drug-likeness (QED) is 0.621. The molecule has 9 heavy (non-hydrogen) atoms. The standard InChI is InChI=1S/C5H7ClN2O/c6-5(3-9)8-2-1-7-4-8/h1-2,4-5,9H,3H2. The van der Waals surface area contributed by atoms with Crippen LogP contribution in [0.3, 0.4) is 0 Å². The molecule has 1 atom stereocenters. The minimum Gasteiger partial charge on any atom is -0.393 e. The van der Waals surface area contributed by atoms with E-state index in [0.717, 1.165) is 0 Å². The largest absolute Gasteiger partial charge is 0.393 e. The van der Waals surface area contributed by atoms with Crippen molar-refractivity contribution in [2.24, 2.45) is 0 Å². The summed E-state index contributed by atoms with van der Waals surface area (Å²) in [4.78, 5) is 3.76. The Labute approximate surface area is 57.9 Å². The molecule has 0 radical (unpaired) electrons. The Kier molecular flexibility index (Phi) is 2.08. The van der Waals surface area contributed by atoms with E-state index in [4.69, 9.17) is 16.7 Å². The van der Waals surface area contributed by atoms with Gasteiger partial charge in [-0.25, -0.2) is 4.98 Å². The number of aromatic nitrogens is 2. The van der Waals surface area contributed by atoms with Crippen LogP contribution in [0, 0.1) is 0 Å². The zero-order chi connectivity index (χ0) is 6.69. The molecule has 0 aliphatic carbocycles. The Morgan fingerprint density at radius 3 is 3.00 bits per heavy atom. The van der Waals surface area contributed by atoms with Crippen molar-refractivity contribution in [3.63, 3.8) is 0 Å². The number of aliphatic hydroxyl groups excluding tert-OH is 1. The van der Waals surface area contributed by atoms with E-state index in [0.29, 0.717) is 0 Å². The van der Waals surface area contributed by atoms with Crippen molar-refractivity contribution in [2.75, 3.05) is 6.61 Å². The fourth-order valence-corrected chi connectivity index (χ4v) is 0.645. The van der Waals surface area contributed by atoms with Gasteiger partial charge in [-0.3, -0.25) is 0 Å². The van der Waals surface area contributed by atoms with E-state index >= 15 is 0 Å². The number of nitrogens with zero attached hydrogens (tertiary/aromatic N) is 2. The third-order valence-electron chi connectivity index (χ3n) is 0.999. The lowest BCUT2D eigenvalue weighted by molar-refractivity contribution is 0.268. The van der Waals surface area contributed by atoms with E-state index in [1.165, 1.54) is 0 Å². The highest BCUT2D eigenvalue weighted by molar-refractivity contribution is 6.19. The Balaban J connectivity index is 2.65. The van der Waals surface area contributed by atoms with E-state index in [-0.39, 0.29) is 12.1 Å². The van der Waals surface area contributed by atoms with Gasteiger partial charge in [-0.2, -0.15) is 0 Å². The molecule has 0 aliphatic rings. The summed E-state index contributed by atoms with van der Waals surface area (Å²) in [6, 6.07) is 0. The third-order valence-corrected chi connectivity index (χ3v) is 1.36. The molecule has 3 nitrogen and oxygen atoms in total. The predicted octanol–water partition coefficient (Wildman–Crippen LogP) is 0.613. The van der Waals surface area contributed by atoms with Crippen LogP contribution >= 0.6 is 11.6 Å². The van der Waals surface area contributed by atoms with E-state index in [1.54, 1.807) is 23.3 Å². The molecule has 1 rings (SSSR count). The topological polar surface area (TPSA) is 38.0 Å². The molecule has 0 spiro atoms. The molecule has 0 aliphatic heterocycles. The Hall–Kier alpha value is -0.540. The lowest BCUT2D eigenvalue weighted by atomic mass is 10.6. The van der Waals surface area contributed by atoms with Crippen LogP contribution in [-0.2, 0) is 0 Å². The summed E-state index contributed by atoms with van der Waals surface area (Å²) in [5.74, 6) is 0. The van der Waals surface area contributed by atoms with E-state index in [2.05, 4.69) is 4.98 Å². The second kappa shape index (κ2) is 2.85. The highest BCUT2D eigenvalue weighted by Gasteiger charge is 2.00. The molecule has 4 heteroatoms. The number of imidazole rings is 1. The molecule has 0 fully saturated rings. The summed E-state index contributed by atoms with van der Waals surface area (Å²) in [6.07, 6.45) is 4.88. The fraction of sp³-hybridized carbons (Fsp3) is 0.400. The van der Waals surface area contributed by atoms with Gasteiger partial charge < -0.3 is 9.67 Å². The van der Waals surface area contributed by atoms with Gasteiger partial charge in [0.25, 0.3) is 0 Å². The molecule has 1 N–H and O–H groups in total. The molecule has 0 bridgehead atoms. The Morgan fingerprint density at radius 2 is 2.56 bits per heavy atom. The lowest BCUT2D eigenvalue weighted by Crippen LogP contribution is -2.03. The maximum absolute atomic E-state index is 8.53. The van der Waals surface area contributed by atoms with Crippen LogP contribution < -0.4 is 0 Å². The molecular formula is C5H7ClN2O. The number of aliphatic hydroxyl groups is 1. The number of rotatable bonds is 2. The molecule has 1 heterocycles. The normalized spacial score (nSPS) is 13.6. The van der Waals surface area contributed by atoms with E-state index in [1.807, 2.05) is 0 Å². The second-order valence-corrected chi connectivity index (χ2v) is 2.13. The van der Waals surface area contributed by atoms with Crippen LogP contribution in [0.2, 0.25) is 0 Å². The number of alkyl halides is 1. The molecule has 0 saturated carbocycles. The van der Waals surface area contributed by atoms with Crippen LogP contribution in [0.15, 0.2) is 18.7 Å². The second-order valence-electron chi connectivity index (χ2n) is 1.63. The minimum absolute atomic E-state index is 0.0715. The van der Waals surface area contributed by atoms with Gasteiger partial charge in [0.15, 0.2) is 0 Å². The number of hydrogen-bond donors (Lipinski definition) is 1. The first-order chi connectivity index (χ1) is 4.34. The first kappa shape index (κ1) is 6.58.